The van der Waals surface area contributed by atoms with E-state index in [-0.39, 0.29) is 25.4 Å². The summed E-state index contributed by atoms with van der Waals surface area (Å²) >= 11 is 0. The minimum atomic E-state index is -1.11. The minimum Gasteiger partial charge on any atom is -0.480 e. The van der Waals surface area contributed by atoms with Gasteiger partial charge in [0.05, 0.1) is 12.0 Å². The standard InChI is InChI=1S/C12H19N3O5/c13-12(20)14-3-1-2-7(5-14)10(17)15-6-8(16)4-9(15)11(18)19/h7-9,16H,1-6H2,(H2,13,20)(H,18,19)/t7?,8-,9+/m1/s1. The highest BCUT2D eigenvalue weighted by atomic mass is 16.4. The predicted octanol–water partition coefficient (Wildman–Crippen LogP) is -1.18. The number of amides is 3. The molecule has 0 spiro atoms. The number of likely N-dealkylation sites (tertiary alicyclic amines) is 2. The van der Waals surface area contributed by atoms with E-state index in [1.54, 1.807) is 0 Å². The second-order valence-electron chi connectivity index (χ2n) is 5.36. The van der Waals surface area contributed by atoms with E-state index >= 15 is 0 Å². The summed E-state index contributed by atoms with van der Waals surface area (Å²) in [6.45, 7) is 0.764. The molecule has 112 valence electrons. The molecule has 2 aliphatic rings. The molecule has 8 nitrogen and oxygen atoms in total. The van der Waals surface area contributed by atoms with Crippen LogP contribution in [-0.4, -0.2) is 69.7 Å². The fourth-order valence-corrected chi connectivity index (χ4v) is 2.90. The van der Waals surface area contributed by atoms with Gasteiger partial charge in [-0.3, -0.25) is 4.79 Å². The zero-order chi connectivity index (χ0) is 14.9. The number of aliphatic hydroxyl groups excluding tert-OH is 1. The summed E-state index contributed by atoms with van der Waals surface area (Å²) < 4.78 is 0. The third kappa shape index (κ3) is 2.84. The van der Waals surface area contributed by atoms with Gasteiger partial charge in [-0.25, -0.2) is 9.59 Å². The molecule has 8 heteroatoms. The number of aliphatic carboxylic acids is 1. The maximum absolute atomic E-state index is 12.4. The van der Waals surface area contributed by atoms with Crippen molar-refractivity contribution < 1.29 is 24.6 Å². The van der Waals surface area contributed by atoms with Crippen LogP contribution in [0.1, 0.15) is 19.3 Å². The Morgan fingerprint density at radius 3 is 2.50 bits per heavy atom. The molecule has 2 aliphatic heterocycles. The molecule has 2 fully saturated rings. The lowest BCUT2D eigenvalue weighted by Crippen LogP contribution is -2.50. The van der Waals surface area contributed by atoms with Crippen molar-refractivity contribution in [3.8, 4) is 0 Å². The number of hydrogen-bond acceptors (Lipinski definition) is 4. The Kier molecular flexibility index (Phi) is 4.12. The second-order valence-corrected chi connectivity index (χ2v) is 5.36. The third-order valence-electron chi connectivity index (χ3n) is 3.93. The van der Waals surface area contributed by atoms with Gasteiger partial charge < -0.3 is 25.7 Å². The van der Waals surface area contributed by atoms with Crippen LogP contribution in [0.15, 0.2) is 0 Å². The van der Waals surface area contributed by atoms with Crippen LogP contribution < -0.4 is 5.73 Å². The van der Waals surface area contributed by atoms with E-state index in [4.69, 9.17) is 10.8 Å². The molecule has 0 radical (unpaired) electrons. The molecule has 1 unspecified atom stereocenters. The number of carboxylic acids is 1. The fraction of sp³-hybridized carbons (Fsp3) is 0.750. The van der Waals surface area contributed by atoms with Crippen molar-refractivity contribution >= 4 is 17.9 Å². The molecular weight excluding hydrogens is 266 g/mol. The molecule has 3 amide bonds. The van der Waals surface area contributed by atoms with Gasteiger partial charge in [0, 0.05) is 26.1 Å². The first-order chi connectivity index (χ1) is 9.40. The normalized spacial score (nSPS) is 30.4. The topological polar surface area (TPSA) is 124 Å². The molecule has 4 N–H and O–H groups in total. The molecule has 2 rings (SSSR count). The van der Waals surface area contributed by atoms with Crippen molar-refractivity contribution in [1.29, 1.82) is 0 Å². The largest absolute Gasteiger partial charge is 0.480 e. The first-order valence-electron chi connectivity index (χ1n) is 6.66. The number of aliphatic hydroxyl groups is 1. The first kappa shape index (κ1) is 14.6. The molecule has 0 aromatic heterocycles. The van der Waals surface area contributed by atoms with Gasteiger partial charge in [0.1, 0.15) is 6.04 Å². The van der Waals surface area contributed by atoms with E-state index in [1.807, 2.05) is 0 Å². The summed E-state index contributed by atoms with van der Waals surface area (Å²) in [5, 5.41) is 18.7. The van der Waals surface area contributed by atoms with Crippen LogP contribution >= 0.6 is 0 Å². The minimum absolute atomic E-state index is 0.0306. The molecule has 20 heavy (non-hydrogen) atoms. The van der Waals surface area contributed by atoms with Crippen molar-refractivity contribution in [2.45, 2.75) is 31.4 Å². The van der Waals surface area contributed by atoms with E-state index < -0.39 is 30.1 Å². The second kappa shape index (κ2) is 5.66. The quantitative estimate of drug-likeness (QED) is 0.589. The zero-order valence-electron chi connectivity index (χ0n) is 11.1. The third-order valence-corrected chi connectivity index (χ3v) is 3.93. The van der Waals surface area contributed by atoms with Gasteiger partial charge in [-0.2, -0.15) is 0 Å². The van der Waals surface area contributed by atoms with Gasteiger partial charge in [0.25, 0.3) is 0 Å². The summed E-state index contributed by atoms with van der Waals surface area (Å²) in [6, 6.07) is -1.56. The molecule has 2 saturated heterocycles. The van der Waals surface area contributed by atoms with Crippen LogP contribution in [0, 0.1) is 5.92 Å². The summed E-state index contributed by atoms with van der Waals surface area (Å²) in [5.74, 6) is -1.87. The Hall–Kier alpha value is -1.83. The Morgan fingerprint density at radius 1 is 1.20 bits per heavy atom. The number of carboxylic acid groups (broad SMARTS) is 1. The molecular formula is C12H19N3O5. The predicted molar refractivity (Wildman–Crippen MR) is 67.6 cm³/mol. The Labute approximate surface area is 116 Å². The van der Waals surface area contributed by atoms with Crippen LogP contribution in [0.5, 0.6) is 0 Å². The summed E-state index contributed by atoms with van der Waals surface area (Å²) in [6.07, 6.45) is 0.499. The highest BCUT2D eigenvalue weighted by molar-refractivity contribution is 5.86. The summed E-state index contributed by atoms with van der Waals surface area (Å²) in [7, 11) is 0. The Balaban J connectivity index is 2.06. The first-order valence-corrected chi connectivity index (χ1v) is 6.66. The zero-order valence-corrected chi connectivity index (χ0v) is 11.1. The van der Waals surface area contributed by atoms with Crippen LogP contribution in [0.2, 0.25) is 0 Å². The Bertz CT molecular complexity index is 427. The average molecular weight is 285 g/mol. The molecule has 3 atom stereocenters. The molecule has 0 aliphatic carbocycles. The number of urea groups is 1. The van der Waals surface area contributed by atoms with Gasteiger partial charge in [0.15, 0.2) is 0 Å². The number of rotatable bonds is 2. The van der Waals surface area contributed by atoms with Gasteiger partial charge >= 0.3 is 12.0 Å². The molecule has 0 saturated carbocycles. The molecule has 0 aromatic rings. The van der Waals surface area contributed by atoms with Crippen LogP contribution in [0.3, 0.4) is 0 Å². The van der Waals surface area contributed by atoms with Crippen molar-refractivity contribution in [2.75, 3.05) is 19.6 Å². The summed E-state index contributed by atoms with van der Waals surface area (Å²) in [5.41, 5.74) is 5.21. The number of nitrogens with zero attached hydrogens (tertiary/aromatic N) is 2. The van der Waals surface area contributed by atoms with Crippen molar-refractivity contribution in [3.05, 3.63) is 0 Å². The van der Waals surface area contributed by atoms with Crippen molar-refractivity contribution in [1.82, 2.24) is 9.80 Å². The van der Waals surface area contributed by atoms with Crippen molar-refractivity contribution in [3.63, 3.8) is 0 Å². The van der Waals surface area contributed by atoms with Crippen molar-refractivity contribution in [2.24, 2.45) is 11.7 Å². The molecule has 2 heterocycles. The number of piperidine rings is 1. The monoisotopic (exact) mass is 285 g/mol. The number of β-amino-alcohol motifs (C(OH)–C–C–N with tert-alkyl or cyclic N) is 1. The smallest absolute Gasteiger partial charge is 0.326 e. The van der Waals surface area contributed by atoms with Crippen LogP contribution in [0.4, 0.5) is 4.79 Å². The highest BCUT2D eigenvalue weighted by Crippen LogP contribution is 2.25. The number of carbonyl (C=O) groups is 3. The number of carbonyl (C=O) groups excluding carboxylic acids is 2. The highest BCUT2D eigenvalue weighted by Gasteiger charge is 2.42. The molecule has 0 bridgehead atoms. The van der Waals surface area contributed by atoms with Gasteiger partial charge in [-0.05, 0) is 12.8 Å². The van der Waals surface area contributed by atoms with E-state index in [2.05, 4.69) is 0 Å². The lowest BCUT2D eigenvalue weighted by molar-refractivity contribution is -0.150. The van der Waals surface area contributed by atoms with E-state index in [9.17, 15) is 19.5 Å². The van der Waals surface area contributed by atoms with E-state index in [0.717, 1.165) is 0 Å². The number of hydrogen-bond donors (Lipinski definition) is 3. The number of primary amides is 1. The maximum atomic E-state index is 12.4. The fourth-order valence-electron chi connectivity index (χ4n) is 2.90. The average Bonchev–Trinajstić information content (AvgIpc) is 2.80. The van der Waals surface area contributed by atoms with Gasteiger partial charge in [0.2, 0.25) is 5.91 Å². The Morgan fingerprint density at radius 2 is 1.90 bits per heavy atom. The summed E-state index contributed by atoms with van der Waals surface area (Å²) in [4.78, 5) is 37.3. The lowest BCUT2D eigenvalue weighted by atomic mass is 9.96. The van der Waals surface area contributed by atoms with E-state index in [1.165, 1.54) is 9.80 Å². The van der Waals surface area contributed by atoms with Crippen LogP contribution in [0.25, 0.3) is 0 Å². The maximum Gasteiger partial charge on any atom is 0.326 e. The van der Waals surface area contributed by atoms with E-state index in [0.29, 0.717) is 19.4 Å². The molecule has 0 aromatic carbocycles. The lowest BCUT2D eigenvalue weighted by Gasteiger charge is -2.33. The van der Waals surface area contributed by atoms with Gasteiger partial charge in [-0.1, -0.05) is 0 Å². The van der Waals surface area contributed by atoms with Gasteiger partial charge in [-0.15, -0.1) is 0 Å². The number of nitrogens with two attached hydrogens (primary N) is 1. The van der Waals surface area contributed by atoms with Crippen LogP contribution in [-0.2, 0) is 9.59 Å². The SMILES string of the molecule is NC(=O)N1CCCC(C(=O)N2C[C@H](O)C[C@H]2C(=O)O)C1.